The molecule has 2 rings (SSSR count). The van der Waals surface area contributed by atoms with Crippen LogP contribution in [0, 0.1) is 5.92 Å². The smallest absolute Gasteiger partial charge is 0.354 e. The maximum absolute atomic E-state index is 12.5. The number of alkyl halides is 3. The van der Waals surface area contributed by atoms with Crippen molar-refractivity contribution in [2.75, 3.05) is 26.2 Å². The summed E-state index contributed by atoms with van der Waals surface area (Å²) in [4.78, 5) is 5.94. The number of halogens is 3. The van der Waals surface area contributed by atoms with Crippen molar-refractivity contribution in [3.8, 4) is 0 Å². The molecule has 0 aromatic heterocycles. The number of piperazine rings is 1. The highest BCUT2D eigenvalue weighted by atomic mass is 19.4. The summed E-state index contributed by atoms with van der Waals surface area (Å²) in [6.45, 7) is 3.02. The Labute approximate surface area is 92.0 Å². The van der Waals surface area contributed by atoms with E-state index in [-0.39, 0.29) is 6.42 Å². The number of rotatable bonds is 1. The molecule has 0 aromatic rings. The highest BCUT2D eigenvalue weighted by Gasteiger charge is 2.39. The summed E-state index contributed by atoms with van der Waals surface area (Å²) in [6, 6.07) is 0. The average Bonchev–Trinajstić information content (AvgIpc) is 2.29. The van der Waals surface area contributed by atoms with Gasteiger partial charge in [0.25, 0.3) is 0 Å². The van der Waals surface area contributed by atoms with Gasteiger partial charge in [-0.25, -0.2) is 4.99 Å². The lowest BCUT2D eigenvalue weighted by molar-refractivity contribution is -0.159. The minimum atomic E-state index is -4.16. The third-order valence-electron chi connectivity index (χ3n) is 2.79. The van der Waals surface area contributed by atoms with Crippen LogP contribution in [0.1, 0.15) is 6.42 Å². The molecule has 0 aliphatic carbocycles. The molecule has 90 valence electrons. The van der Waals surface area contributed by atoms with Crippen LogP contribution in [-0.4, -0.2) is 43.5 Å². The second-order valence-electron chi connectivity index (χ2n) is 3.96. The quantitative estimate of drug-likeness (QED) is 0.741. The van der Waals surface area contributed by atoms with Crippen molar-refractivity contribution in [3.05, 3.63) is 11.9 Å². The molecule has 0 spiro atoms. The van der Waals surface area contributed by atoms with Crippen molar-refractivity contribution >= 4 is 6.21 Å². The van der Waals surface area contributed by atoms with E-state index in [9.17, 15) is 13.2 Å². The Kier molecular flexibility index (Phi) is 3.18. The topological polar surface area (TPSA) is 27.6 Å². The van der Waals surface area contributed by atoms with Gasteiger partial charge in [0.05, 0.1) is 5.92 Å². The predicted molar refractivity (Wildman–Crippen MR) is 55.2 cm³/mol. The molecule has 1 N–H and O–H groups in total. The van der Waals surface area contributed by atoms with Gasteiger partial charge < -0.3 is 10.2 Å². The summed E-state index contributed by atoms with van der Waals surface area (Å²) < 4.78 is 37.6. The number of hydrogen-bond donors (Lipinski definition) is 1. The average molecular weight is 233 g/mol. The number of hydrogen-bond acceptors (Lipinski definition) is 3. The van der Waals surface area contributed by atoms with E-state index in [4.69, 9.17) is 0 Å². The number of aliphatic imine (C=N–C) groups is 1. The lowest BCUT2D eigenvalue weighted by atomic mass is 10.0. The summed E-state index contributed by atoms with van der Waals surface area (Å²) in [7, 11) is 0. The molecule has 1 unspecified atom stereocenters. The van der Waals surface area contributed by atoms with Crippen LogP contribution in [0.3, 0.4) is 0 Å². The van der Waals surface area contributed by atoms with E-state index < -0.39 is 12.1 Å². The molecule has 0 saturated carbocycles. The van der Waals surface area contributed by atoms with Crippen LogP contribution in [0.15, 0.2) is 16.9 Å². The van der Waals surface area contributed by atoms with Crippen molar-refractivity contribution in [1.82, 2.24) is 10.2 Å². The fourth-order valence-corrected chi connectivity index (χ4v) is 1.86. The van der Waals surface area contributed by atoms with Crippen LogP contribution in [0.4, 0.5) is 13.2 Å². The summed E-state index contributed by atoms with van der Waals surface area (Å²) in [5, 5.41) is 3.15. The second-order valence-corrected chi connectivity index (χ2v) is 3.96. The van der Waals surface area contributed by atoms with Gasteiger partial charge in [-0.1, -0.05) is 0 Å². The zero-order valence-electron chi connectivity index (χ0n) is 8.80. The Morgan fingerprint density at radius 1 is 1.31 bits per heavy atom. The van der Waals surface area contributed by atoms with Crippen molar-refractivity contribution in [1.29, 1.82) is 0 Å². The van der Waals surface area contributed by atoms with Gasteiger partial charge in [-0.15, -0.1) is 0 Å². The number of nitrogens with zero attached hydrogens (tertiary/aromatic N) is 2. The molecular formula is C10H14F3N3. The lowest BCUT2D eigenvalue weighted by Gasteiger charge is -2.31. The molecule has 1 saturated heterocycles. The number of allylic oxidation sites excluding steroid dienone is 1. The van der Waals surface area contributed by atoms with E-state index in [1.165, 1.54) is 12.3 Å². The van der Waals surface area contributed by atoms with Gasteiger partial charge in [-0.2, -0.15) is 13.2 Å². The Morgan fingerprint density at radius 2 is 2.00 bits per heavy atom. The first-order valence-electron chi connectivity index (χ1n) is 5.34. The van der Waals surface area contributed by atoms with E-state index in [1.807, 2.05) is 4.90 Å². The van der Waals surface area contributed by atoms with Gasteiger partial charge in [0.1, 0.15) is 5.82 Å². The second kappa shape index (κ2) is 4.45. The molecule has 16 heavy (non-hydrogen) atoms. The van der Waals surface area contributed by atoms with Gasteiger partial charge in [-0.05, 0) is 12.5 Å². The van der Waals surface area contributed by atoms with Crippen LogP contribution >= 0.6 is 0 Å². The van der Waals surface area contributed by atoms with Crippen molar-refractivity contribution in [3.63, 3.8) is 0 Å². The molecular weight excluding hydrogens is 219 g/mol. The van der Waals surface area contributed by atoms with E-state index in [1.54, 1.807) is 0 Å². The molecule has 2 aliphatic rings. The maximum atomic E-state index is 12.5. The first-order chi connectivity index (χ1) is 7.57. The monoisotopic (exact) mass is 233 g/mol. The highest BCUT2D eigenvalue weighted by Crippen LogP contribution is 2.32. The molecule has 0 bridgehead atoms. The standard InChI is InChI=1S/C10H14F3N3/c11-10(12,13)8-1-2-15-9(7-8)16-5-3-14-4-6-16/h2,7-8,14H,1,3-6H2. The lowest BCUT2D eigenvalue weighted by Crippen LogP contribution is -2.43. The Balaban J connectivity index is 2.08. The van der Waals surface area contributed by atoms with Crippen LogP contribution in [0.25, 0.3) is 0 Å². The summed E-state index contributed by atoms with van der Waals surface area (Å²) in [5.74, 6) is -0.912. The van der Waals surface area contributed by atoms with Gasteiger partial charge in [0, 0.05) is 32.4 Å². The Hall–Kier alpha value is -1.04. The third-order valence-corrected chi connectivity index (χ3v) is 2.79. The first-order valence-corrected chi connectivity index (χ1v) is 5.34. The molecule has 2 aliphatic heterocycles. The summed E-state index contributed by atoms with van der Waals surface area (Å²) >= 11 is 0. The van der Waals surface area contributed by atoms with E-state index >= 15 is 0 Å². The Morgan fingerprint density at radius 3 is 2.62 bits per heavy atom. The van der Waals surface area contributed by atoms with Gasteiger partial charge in [-0.3, -0.25) is 0 Å². The molecule has 0 amide bonds. The molecule has 6 heteroatoms. The zero-order chi connectivity index (χ0) is 11.6. The predicted octanol–water partition coefficient (Wildman–Crippen LogP) is 1.39. The molecule has 1 atom stereocenters. The molecule has 3 nitrogen and oxygen atoms in total. The zero-order valence-corrected chi connectivity index (χ0v) is 8.80. The fourth-order valence-electron chi connectivity index (χ4n) is 1.86. The number of nitrogens with one attached hydrogen (secondary N) is 1. The largest absolute Gasteiger partial charge is 0.395 e. The van der Waals surface area contributed by atoms with E-state index in [2.05, 4.69) is 10.3 Å². The SMILES string of the molecule is FC(F)(F)C1C=C(N2CCNCC2)N=CC1. The molecule has 1 fully saturated rings. The maximum Gasteiger partial charge on any atom is 0.395 e. The van der Waals surface area contributed by atoms with Crippen LogP contribution in [-0.2, 0) is 0 Å². The first kappa shape index (κ1) is 11.4. The third kappa shape index (κ3) is 2.55. The normalized spacial score (nSPS) is 26.8. The Bertz CT molecular complexity index is 303. The van der Waals surface area contributed by atoms with Crippen molar-refractivity contribution < 1.29 is 13.2 Å². The van der Waals surface area contributed by atoms with Gasteiger partial charge >= 0.3 is 6.18 Å². The highest BCUT2D eigenvalue weighted by molar-refractivity contribution is 5.61. The van der Waals surface area contributed by atoms with Crippen molar-refractivity contribution in [2.24, 2.45) is 10.9 Å². The van der Waals surface area contributed by atoms with Crippen LogP contribution < -0.4 is 5.32 Å². The summed E-state index contributed by atoms with van der Waals surface area (Å²) in [5.41, 5.74) is 0. The van der Waals surface area contributed by atoms with Crippen LogP contribution in [0.2, 0.25) is 0 Å². The van der Waals surface area contributed by atoms with Crippen molar-refractivity contribution in [2.45, 2.75) is 12.6 Å². The molecule has 0 radical (unpaired) electrons. The minimum Gasteiger partial charge on any atom is -0.354 e. The summed E-state index contributed by atoms with van der Waals surface area (Å²) in [6.07, 6.45) is -1.59. The van der Waals surface area contributed by atoms with Gasteiger partial charge in [0.2, 0.25) is 0 Å². The van der Waals surface area contributed by atoms with Gasteiger partial charge in [0.15, 0.2) is 0 Å². The van der Waals surface area contributed by atoms with Crippen LogP contribution in [0.5, 0.6) is 0 Å². The van der Waals surface area contributed by atoms with E-state index in [0.717, 1.165) is 13.1 Å². The molecule has 0 aromatic carbocycles. The minimum absolute atomic E-state index is 0.0426. The van der Waals surface area contributed by atoms with E-state index in [0.29, 0.717) is 18.9 Å². The molecule has 2 heterocycles. The fraction of sp³-hybridized carbons (Fsp3) is 0.700.